The Morgan fingerprint density at radius 3 is 2.52 bits per heavy atom. The van der Waals surface area contributed by atoms with E-state index in [1.807, 2.05) is 18.2 Å². The Morgan fingerprint density at radius 2 is 1.80 bits per heavy atom. The van der Waals surface area contributed by atoms with Crippen LogP contribution in [0.3, 0.4) is 0 Å². The first kappa shape index (κ1) is 17.5. The summed E-state index contributed by atoms with van der Waals surface area (Å²) in [6.07, 6.45) is 1.60. The predicted molar refractivity (Wildman–Crippen MR) is 92.9 cm³/mol. The van der Waals surface area contributed by atoms with Crippen molar-refractivity contribution in [1.29, 1.82) is 0 Å². The molecule has 0 spiro atoms. The van der Waals surface area contributed by atoms with Crippen molar-refractivity contribution in [3.8, 4) is 0 Å². The Labute approximate surface area is 146 Å². The van der Waals surface area contributed by atoms with Crippen LogP contribution in [0.4, 0.5) is 8.78 Å². The monoisotopic (exact) mass is 344 g/mol. The summed E-state index contributed by atoms with van der Waals surface area (Å²) in [6, 6.07) is 13.6. The number of likely N-dealkylation sites (tertiary alicyclic amines) is 1. The zero-order valence-electron chi connectivity index (χ0n) is 14.1. The van der Waals surface area contributed by atoms with Gasteiger partial charge in [-0.1, -0.05) is 30.3 Å². The SMILES string of the molecule is O=C(Cc1cc(F)ccc1F)NC1CCN(Cc2ccccc2)CC1. The second kappa shape index (κ2) is 8.21. The molecule has 3 nitrogen and oxygen atoms in total. The minimum atomic E-state index is -0.547. The van der Waals surface area contributed by atoms with Crippen LogP contribution in [0.15, 0.2) is 48.5 Å². The number of hydrogen-bond donors (Lipinski definition) is 1. The van der Waals surface area contributed by atoms with E-state index >= 15 is 0 Å². The Balaban J connectivity index is 1.45. The lowest BCUT2D eigenvalue weighted by Gasteiger charge is -2.32. The highest BCUT2D eigenvalue weighted by Crippen LogP contribution is 2.15. The lowest BCUT2D eigenvalue weighted by molar-refractivity contribution is -0.121. The van der Waals surface area contributed by atoms with Crippen LogP contribution in [0.25, 0.3) is 0 Å². The Morgan fingerprint density at radius 1 is 1.08 bits per heavy atom. The number of piperidine rings is 1. The normalized spacial score (nSPS) is 15.9. The molecule has 1 heterocycles. The fourth-order valence-corrected chi connectivity index (χ4v) is 3.21. The molecular weight excluding hydrogens is 322 g/mol. The molecule has 0 bridgehead atoms. The molecule has 0 saturated carbocycles. The molecule has 0 aromatic heterocycles. The van der Waals surface area contributed by atoms with E-state index in [9.17, 15) is 13.6 Å². The third kappa shape index (κ3) is 5.10. The summed E-state index contributed by atoms with van der Waals surface area (Å²) >= 11 is 0. The van der Waals surface area contributed by atoms with Gasteiger partial charge in [-0.2, -0.15) is 0 Å². The zero-order chi connectivity index (χ0) is 17.6. The molecule has 1 amide bonds. The second-order valence-electron chi connectivity index (χ2n) is 6.52. The van der Waals surface area contributed by atoms with Crippen LogP contribution in [-0.4, -0.2) is 29.9 Å². The van der Waals surface area contributed by atoms with Crippen molar-refractivity contribution in [2.75, 3.05) is 13.1 Å². The quantitative estimate of drug-likeness (QED) is 0.903. The van der Waals surface area contributed by atoms with Gasteiger partial charge in [-0.05, 0) is 36.6 Å². The Hall–Kier alpha value is -2.27. The molecule has 1 saturated heterocycles. The molecule has 25 heavy (non-hydrogen) atoms. The predicted octanol–water partition coefficient (Wildman–Crippen LogP) is 3.29. The minimum Gasteiger partial charge on any atom is -0.353 e. The van der Waals surface area contributed by atoms with Crippen LogP contribution in [0, 0.1) is 11.6 Å². The number of hydrogen-bond acceptors (Lipinski definition) is 2. The average Bonchev–Trinajstić information content (AvgIpc) is 2.61. The molecule has 1 fully saturated rings. The van der Waals surface area contributed by atoms with E-state index in [2.05, 4.69) is 22.3 Å². The summed E-state index contributed by atoms with van der Waals surface area (Å²) in [5.41, 5.74) is 1.38. The van der Waals surface area contributed by atoms with Gasteiger partial charge in [0.2, 0.25) is 5.91 Å². The highest BCUT2D eigenvalue weighted by molar-refractivity contribution is 5.78. The van der Waals surface area contributed by atoms with Crippen LogP contribution < -0.4 is 5.32 Å². The number of nitrogens with one attached hydrogen (secondary N) is 1. The van der Waals surface area contributed by atoms with Crippen molar-refractivity contribution < 1.29 is 13.6 Å². The van der Waals surface area contributed by atoms with Gasteiger partial charge in [-0.3, -0.25) is 9.69 Å². The smallest absolute Gasteiger partial charge is 0.224 e. The number of benzene rings is 2. The molecule has 2 aromatic carbocycles. The topological polar surface area (TPSA) is 32.3 Å². The molecule has 132 valence electrons. The zero-order valence-corrected chi connectivity index (χ0v) is 14.1. The van der Waals surface area contributed by atoms with Crippen LogP contribution in [0.5, 0.6) is 0 Å². The van der Waals surface area contributed by atoms with Gasteiger partial charge in [0, 0.05) is 31.2 Å². The van der Waals surface area contributed by atoms with Crippen molar-refractivity contribution in [3.63, 3.8) is 0 Å². The maximum absolute atomic E-state index is 13.6. The van der Waals surface area contributed by atoms with Gasteiger partial charge in [0.1, 0.15) is 11.6 Å². The van der Waals surface area contributed by atoms with E-state index in [1.165, 1.54) is 5.56 Å². The molecule has 0 aliphatic carbocycles. The number of carbonyl (C=O) groups excluding carboxylic acids is 1. The molecule has 2 aromatic rings. The van der Waals surface area contributed by atoms with Gasteiger partial charge in [0.15, 0.2) is 0 Å². The molecule has 1 aliphatic rings. The van der Waals surface area contributed by atoms with E-state index in [0.717, 1.165) is 50.7 Å². The standard InChI is InChI=1S/C20H22F2N2O/c21-17-6-7-19(22)16(12-17)13-20(25)23-18-8-10-24(11-9-18)14-15-4-2-1-3-5-15/h1-7,12,18H,8-11,13-14H2,(H,23,25). The summed E-state index contributed by atoms with van der Waals surface area (Å²) in [7, 11) is 0. The number of halogens is 2. The molecule has 1 aliphatic heterocycles. The summed E-state index contributed by atoms with van der Waals surface area (Å²) in [5.74, 6) is -1.33. The lowest BCUT2D eigenvalue weighted by atomic mass is 10.0. The first-order valence-corrected chi connectivity index (χ1v) is 8.60. The molecule has 0 radical (unpaired) electrons. The van der Waals surface area contributed by atoms with Crippen LogP contribution in [0.1, 0.15) is 24.0 Å². The van der Waals surface area contributed by atoms with Gasteiger partial charge in [-0.25, -0.2) is 8.78 Å². The molecule has 0 unspecified atom stereocenters. The van der Waals surface area contributed by atoms with E-state index in [1.54, 1.807) is 0 Å². The Kier molecular flexibility index (Phi) is 5.76. The third-order valence-corrected chi connectivity index (χ3v) is 4.56. The van der Waals surface area contributed by atoms with E-state index in [0.29, 0.717) is 0 Å². The largest absolute Gasteiger partial charge is 0.353 e. The summed E-state index contributed by atoms with van der Waals surface area (Å²) in [6.45, 7) is 2.73. The van der Waals surface area contributed by atoms with Crippen LogP contribution in [-0.2, 0) is 17.8 Å². The number of rotatable bonds is 5. The summed E-state index contributed by atoms with van der Waals surface area (Å²) < 4.78 is 26.8. The molecule has 0 atom stereocenters. The third-order valence-electron chi connectivity index (χ3n) is 4.56. The van der Waals surface area contributed by atoms with Gasteiger partial charge < -0.3 is 5.32 Å². The van der Waals surface area contributed by atoms with E-state index in [4.69, 9.17) is 0 Å². The molecule has 3 rings (SSSR count). The summed E-state index contributed by atoms with van der Waals surface area (Å²) in [4.78, 5) is 14.5. The Bertz CT molecular complexity index is 713. The fraction of sp³-hybridized carbons (Fsp3) is 0.350. The van der Waals surface area contributed by atoms with Gasteiger partial charge in [-0.15, -0.1) is 0 Å². The molecule has 5 heteroatoms. The second-order valence-corrected chi connectivity index (χ2v) is 6.52. The van der Waals surface area contributed by atoms with Crippen molar-refractivity contribution in [1.82, 2.24) is 10.2 Å². The van der Waals surface area contributed by atoms with Crippen molar-refractivity contribution in [3.05, 3.63) is 71.3 Å². The minimum absolute atomic E-state index is 0.0937. The van der Waals surface area contributed by atoms with Crippen LogP contribution in [0.2, 0.25) is 0 Å². The molecular formula is C20H22F2N2O. The molecule has 1 N–H and O–H groups in total. The fourth-order valence-electron chi connectivity index (χ4n) is 3.21. The first-order chi connectivity index (χ1) is 12.1. The highest BCUT2D eigenvalue weighted by atomic mass is 19.1. The van der Waals surface area contributed by atoms with Gasteiger partial charge in [0.25, 0.3) is 0 Å². The maximum Gasteiger partial charge on any atom is 0.224 e. The van der Waals surface area contributed by atoms with Gasteiger partial charge >= 0.3 is 0 Å². The van der Waals surface area contributed by atoms with Crippen molar-refractivity contribution >= 4 is 5.91 Å². The highest BCUT2D eigenvalue weighted by Gasteiger charge is 2.21. The first-order valence-electron chi connectivity index (χ1n) is 8.60. The van der Waals surface area contributed by atoms with Gasteiger partial charge in [0.05, 0.1) is 6.42 Å². The number of carbonyl (C=O) groups is 1. The average molecular weight is 344 g/mol. The summed E-state index contributed by atoms with van der Waals surface area (Å²) in [5, 5.41) is 2.94. The van der Waals surface area contributed by atoms with E-state index in [-0.39, 0.29) is 23.9 Å². The lowest BCUT2D eigenvalue weighted by Crippen LogP contribution is -2.44. The van der Waals surface area contributed by atoms with Crippen molar-refractivity contribution in [2.45, 2.75) is 31.8 Å². The maximum atomic E-state index is 13.6. The van der Waals surface area contributed by atoms with E-state index < -0.39 is 11.6 Å². The number of nitrogens with zero attached hydrogens (tertiary/aromatic N) is 1. The number of amides is 1. The van der Waals surface area contributed by atoms with Crippen molar-refractivity contribution in [2.24, 2.45) is 0 Å². The van der Waals surface area contributed by atoms with Crippen LogP contribution >= 0.6 is 0 Å².